The fourth-order valence-electron chi connectivity index (χ4n) is 0.710. The Labute approximate surface area is 80.6 Å². The normalized spacial score (nSPS) is 29.2. The van der Waals surface area contributed by atoms with Gasteiger partial charge in [-0.25, -0.2) is 9.79 Å². The highest BCUT2D eigenvalue weighted by atomic mass is 79.9. The molecule has 0 aromatic heterocycles. The number of hydrogen-bond acceptors (Lipinski definition) is 4. The average Bonchev–Trinajstić information content (AvgIpc) is 2.28. The number of carbonyl (C=O) groups is 1. The first-order valence-corrected chi connectivity index (χ1v) is 4.57. The van der Waals surface area contributed by atoms with Gasteiger partial charge in [0.1, 0.15) is 4.95 Å². The van der Waals surface area contributed by atoms with Crippen molar-refractivity contribution in [2.24, 2.45) is 4.99 Å². The molecule has 0 bridgehead atoms. The van der Waals surface area contributed by atoms with Crippen LogP contribution in [0.2, 0.25) is 0 Å². The molecule has 0 spiro atoms. The van der Waals surface area contributed by atoms with E-state index >= 15 is 0 Å². The molecule has 11 heavy (non-hydrogen) atoms. The van der Waals surface area contributed by atoms with E-state index in [1.807, 2.05) is 0 Å². The number of carbonyl (C=O) groups excluding carboxylic acids is 1. The average molecular weight is 286 g/mol. The van der Waals surface area contributed by atoms with Crippen LogP contribution >= 0.6 is 31.9 Å². The Morgan fingerprint density at radius 1 is 1.82 bits per heavy atom. The predicted molar refractivity (Wildman–Crippen MR) is 48.0 cm³/mol. The molecule has 0 fully saturated rings. The second kappa shape index (κ2) is 3.53. The van der Waals surface area contributed by atoms with E-state index in [-0.39, 0.29) is 10.9 Å². The molecular formula is C5H6Br2N2O2. The molecule has 4 nitrogen and oxygen atoms in total. The monoisotopic (exact) mass is 284 g/mol. The molecule has 0 amide bonds. The molecule has 1 heterocycles. The lowest BCUT2D eigenvalue weighted by Gasteiger charge is -2.08. The first-order valence-electron chi connectivity index (χ1n) is 2.87. The lowest BCUT2D eigenvalue weighted by molar-refractivity contribution is -0.141. The molecule has 62 valence electrons. The van der Waals surface area contributed by atoms with Gasteiger partial charge in [0.05, 0.1) is 7.11 Å². The summed E-state index contributed by atoms with van der Waals surface area (Å²) in [7, 11) is 1.34. The van der Waals surface area contributed by atoms with E-state index in [0.29, 0.717) is 4.74 Å². The maximum atomic E-state index is 10.9. The summed E-state index contributed by atoms with van der Waals surface area (Å²) in [5.41, 5.74) is 0. The van der Waals surface area contributed by atoms with Gasteiger partial charge in [-0.3, -0.25) is 0 Å². The van der Waals surface area contributed by atoms with E-state index in [1.165, 1.54) is 7.11 Å². The van der Waals surface area contributed by atoms with Gasteiger partial charge in [0.2, 0.25) is 0 Å². The van der Waals surface area contributed by atoms with E-state index in [9.17, 15) is 4.79 Å². The fraction of sp³-hybridized carbons (Fsp3) is 0.600. The zero-order valence-corrected chi connectivity index (χ0v) is 8.85. The lowest BCUT2D eigenvalue weighted by Crippen LogP contribution is -2.33. The number of rotatable bonds is 1. The summed E-state index contributed by atoms with van der Waals surface area (Å²) in [5.74, 6) is -0.353. The van der Waals surface area contributed by atoms with E-state index < -0.39 is 6.04 Å². The second-order valence-electron chi connectivity index (χ2n) is 1.93. The summed E-state index contributed by atoms with van der Waals surface area (Å²) in [5, 5.41) is 2.86. The summed E-state index contributed by atoms with van der Waals surface area (Å²) in [6.45, 7) is 0. The second-order valence-corrected chi connectivity index (χ2v) is 3.67. The van der Waals surface area contributed by atoms with Crippen LogP contribution in [0.1, 0.15) is 0 Å². The van der Waals surface area contributed by atoms with E-state index in [1.54, 1.807) is 0 Å². The smallest absolute Gasteiger partial charge is 0.333 e. The standard InChI is InChI=1S/C5H6Br2N2O2/c1-11-4(10)2-3(6)9-5(7)8-2/h2-3H,1H3,(H,8,9). The fourth-order valence-corrected chi connectivity index (χ4v) is 2.04. The molecule has 0 saturated carbocycles. The molecule has 1 aliphatic rings. The lowest BCUT2D eigenvalue weighted by atomic mass is 10.3. The van der Waals surface area contributed by atoms with Crippen LogP contribution in [0.3, 0.4) is 0 Å². The van der Waals surface area contributed by atoms with Crippen LogP contribution in [0.25, 0.3) is 0 Å². The van der Waals surface area contributed by atoms with Gasteiger partial charge in [0.15, 0.2) is 10.8 Å². The van der Waals surface area contributed by atoms with Crippen molar-refractivity contribution >= 4 is 42.6 Å². The number of esters is 1. The van der Waals surface area contributed by atoms with Crippen molar-refractivity contribution in [1.82, 2.24) is 5.32 Å². The molecule has 6 heteroatoms. The Morgan fingerprint density at radius 2 is 2.45 bits per heavy atom. The Kier molecular flexibility index (Phi) is 2.89. The molecule has 2 unspecified atom stereocenters. The number of aliphatic imine (C=N–C) groups is 1. The van der Waals surface area contributed by atoms with Crippen LogP contribution in [0.4, 0.5) is 0 Å². The molecule has 0 saturated heterocycles. The van der Waals surface area contributed by atoms with Crippen LogP contribution < -0.4 is 5.32 Å². The van der Waals surface area contributed by atoms with Crippen molar-refractivity contribution in [3.8, 4) is 0 Å². The number of hydrogen-bond donors (Lipinski definition) is 1. The van der Waals surface area contributed by atoms with E-state index in [2.05, 4.69) is 46.9 Å². The first-order chi connectivity index (χ1) is 5.15. The SMILES string of the molecule is COC(=O)C1N=C(Br)NC1Br. The van der Waals surface area contributed by atoms with Crippen molar-refractivity contribution in [2.75, 3.05) is 7.11 Å². The van der Waals surface area contributed by atoms with Crippen LogP contribution in [0.15, 0.2) is 4.99 Å². The number of ether oxygens (including phenoxy) is 1. The third-order valence-electron chi connectivity index (χ3n) is 1.23. The molecule has 0 aromatic carbocycles. The van der Waals surface area contributed by atoms with E-state index in [4.69, 9.17) is 0 Å². The molecule has 1 N–H and O–H groups in total. The van der Waals surface area contributed by atoms with Crippen molar-refractivity contribution in [3.05, 3.63) is 0 Å². The van der Waals surface area contributed by atoms with Crippen molar-refractivity contribution < 1.29 is 9.53 Å². The van der Waals surface area contributed by atoms with Crippen molar-refractivity contribution in [3.63, 3.8) is 0 Å². The molecule has 0 aromatic rings. The molecule has 1 rings (SSSR count). The predicted octanol–water partition coefficient (Wildman–Crippen LogP) is 0.603. The molecule has 1 aliphatic heterocycles. The Balaban J connectivity index is 2.65. The van der Waals surface area contributed by atoms with Gasteiger partial charge >= 0.3 is 5.97 Å². The number of nitrogens with zero attached hydrogens (tertiary/aromatic N) is 1. The zero-order chi connectivity index (χ0) is 8.43. The summed E-state index contributed by atoms with van der Waals surface area (Å²) in [6, 6.07) is -0.491. The van der Waals surface area contributed by atoms with Gasteiger partial charge in [-0.15, -0.1) is 0 Å². The number of alkyl halides is 1. The third kappa shape index (κ3) is 1.93. The summed E-state index contributed by atoms with van der Waals surface area (Å²) < 4.78 is 5.08. The van der Waals surface area contributed by atoms with Gasteiger partial charge in [0.25, 0.3) is 0 Å². The number of nitrogens with one attached hydrogen (secondary N) is 1. The van der Waals surface area contributed by atoms with Gasteiger partial charge in [-0.1, -0.05) is 15.9 Å². The molecule has 0 radical (unpaired) electrons. The van der Waals surface area contributed by atoms with Crippen LogP contribution in [0, 0.1) is 0 Å². The third-order valence-corrected chi connectivity index (χ3v) is 2.39. The highest BCUT2D eigenvalue weighted by molar-refractivity contribution is 9.18. The summed E-state index contributed by atoms with van der Waals surface area (Å²) >= 11 is 6.35. The first kappa shape index (κ1) is 8.99. The van der Waals surface area contributed by atoms with Gasteiger partial charge in [-0.2, -0.15) is 0 Å². The minimum absolute atomic E-state index is 0.177. The van der Waals surface area contributed by atoms with Crippen LogP contribution in [0.5, 0.6) is 0 Å². The van der Waals surface area contributed by atoms with Gasteiger partial charge < -0.3 is 10.1 Å². The molecule has 0 aliphatic carbocycles. The number of halogens is 2. The highest BCUT2D eigenvalue weighted by Gasteiger charge is 2.32. The molecule has 2 atom stereocenters. The maximum Gasteiger partial charge on any atom is 0.333 e. The Bertz CT molecular complexity index is 207. The Hall–Kier alpha value is -0.100. The Morgan fingerprint density at radius 3 is 2.82 bits per heavy atom. The summed E-state index contributed by atoms with van der Waals surface area (Å²) in [6.07, 6.45) is 0. The minimum Gasteiger partial charge on any atom is -0.467 e. The highest BCUT2D eigenvalue weighted by Crippen LogP contribution is 2.15. The largest absolute Gasteiger partial charge is 0.467 e. The topological polar surface area (TPSA) is 50.7 Å². The van der Waals surface area contributed by atoms with E-state index in [0.717, 1.165) is 0 Å². The van der Waals surface area contributed by atoms with Crippen LogP contribution in [-0.4, -0.2) is 28.8 Å². The van der Waals surface area contributed by atoms with Gasteiger partial charge in [0, 0.05) is 0 Å². The van der Waals surface area contributed by atoms with Crippen LogP contribution in [-0.2, 0) is 9.53 Å². The summed E-state index contributed by atoms with van der Waals surface area (Å²) in [4.78, 5) is 14.7. The maximum absolute atomic E-state index is 10.9. The van der Waals surface area contributed by atoms with Crippen molar-refractivity contribution in [2.45, 2.75) is 11.0 Å². The quantitative estimate of drug-likeness (QED) is 0.436. The number of methoxy groups -OCH3 is 1. The minimum atomic E-state index is -0.491. The molecular weight excluding hydrogens is 280 g/mol. The zero-order valence-electron chi connectivity index (χ0n) is 5.67. The number of amidine groups is 1. The van der Waals surface area contributed by atoms with Crippen molar-refractivity contribution in [1.29, 1.82) is 0 Å². The van der Waals surface area contributed by atoms with Gasteiger partial charge in [-0.05, 0) is 15.9 Å².